The average Bonchev–Trinajstić information content (AvgIpc) is 2.91. The van der Waals surface area contributed by atoms with E-state index in [1.165, 1.54) is 12.1 Å². The van der Waals surface area contributed by atoms with Crippen LogP contribution >= 0.6 is 24.8 Å². The Morgan fingerprint density at radius 2 is 1.66 bits per heavy atom. The number of rotatable bonds is 7. The molecule has 0 unspecified atom stereocenters. The Balaban J connectivity index is 0.00000231. The van der Waals surface area contributed by atoms with Gasteiger partial charge in [0.25, 0.3) is 10.0 Å². The number of anilines is 2. The third-order valence-electron chi connectivity index (χ3n) is 6.95. The lowest BCUT2D eigenvalue weighted by Crippen LogP contribution is -2.36. The Hall–Kier alpha value is -3.19. The fourth-order valence-corrected chi connectivity index (χ4v) is 5.85. The molecule has 5 rings (SSSR count). The molecule has 4 aromatic rings. The molecule has 1 aliphatic carbocycles. The van der Waals surface area contributed by atoms with E-state index < -0.39 is 43.6 Å². The largest absolute Gasteiger partial charge is 0.351 e. The third-order valence-corrected chi connectivity index (χ3v) is 8.29. The second-order valence-corrected chi connectivity index (χ2v) is 11.5. The molecule has 1 fully saturated rings. The van der Waals surface area contributed by atoms with Crippen LogP contribution in [0.15, 0.2) is 59.9 Å². The quantitative estimate of drug-likeness (QED) is 0.257. The molecular weight excluding hydrogens is 600 g/mol. The van der Waals surface area contributed by atoms with E-state index in [4.69, 9.17) is 0 Å². The summed E-state index contributed by atoms with van der Waals surface area (Å²) in [6.07, 6.45) is 7.55. The highest BCUT2D eigenvalue weighted by Crippen LogP contribution is 2.33. The summed E-state index contributed by atoms with van der Waals surface area (Å²) in [5.41, 5.74) is -0.142. The van der Waals surface area contributed by atoms with Gasteiger partial charge in [0.1, 0.15) is 16.5 Å². The summed E-state index contributed by atoms with van der Waals surface area (Å²) in [6, 6.07) is 8.21. The molecule has 1 aliphatic rings. The Morgan fingerprint density at radius 3 is 2.34 bits per heavy atom. The zero-order valence-corrected chi connectivity index (χ0v) is 24.6. The molecule has 2 heterocycles. The van der Waals surface area contributed by atoms with Crippen molar-refractivity contribution >= 4 is 57.4 Å². The lowest BCUT2D eigenvalue weighted by Gasteiger charge is -2.32. The summed E-state index contributed by atoms with van der Waals surface area (Å²) in [5.74, 6) is -2.37. The van der Waals surface area contributed by atoms with Gasteiger partial charge in [0.2, 0.25) is 5.95 Å². The van der Waals surface area contributed by atoms with Crippen LogP contribution in [0.1, 0.15) is 25.7 Å². The molecule has 2 N–H and O–H groups in total. The van der Waals surface area contributed by atoms with Gasteiger partial charge in [0.15, 0.2) is 5.82 Å². The molecule has 0 spiro atoms. The summed E-state index contributed by atoms with van der Waals surface area (Å²) in [5, 5.41) is 3.95. The lowest BCUT2D eigenvalue weighted by atomic mass is 9.91. The number of hydrogen-bond donors (Lipinski definition) is 2. The van der Waals surface area contributed by atoms with E-state index in [-0.39, 0.29) is 36.4 Å². The summed E-state index contributed by atoms with van der Waals surface area (Å²) in [6.45, 7) is 0. The maximum absolute atomic E-state index is 15.4. The Kier molecular flexibility index (Phi) is 10.4. The van der Waals surface area contributed by atoms with Gasteiger partial charge in [-0.3, -0.25) is 9.71 Å². The molecular formula is C27H29Cl2F3N6O2S. The van der Waals surface area contributed by atoms with Crippen molar-refractivity contribution in [3.63, 3.8) is 0 Å². The Labute approximate surface area is 248 Å². The monoisotopic (exact) mass is 628 g/mol. The fraction of sp³-hybridized carbons (Fsp3) is 0.296. The third kappa shape index (κ3) is 7.18. The zero-order valence-electron chi connectivity index (χ0n) is 22.1. The van der Waals surface area contributed by atoms with Crippen molar-refractivity contribution in [3.8, 4) is 11.1 Å². The van der Waals surface area contributed by atoms with E-state index in [0.29, 0.717) is 22.9 Å². The van der Waals surface area contributed by atoms with Crippen molar-refractivity contribution in [1.82, 2.24) is 19.9 Å². The number of benzene rings is 2. The SMILES string of the molecule is CN(C)C1CCC(Nc2ncc3cc(-c4c(F)ccc(NS(=O)(=O)c5cncc(F)c5)c4F)ccc3n2)CC1.Cl.Cl. The van der Waals surface area contributed by atoms with Crippen LogP contribution in [-0.4, -0.2) is 54.4 Å². The summed E-state index contributed by atoms with van der Waals surface area (Å²) in [7, 11) is -0.187. The second kappa shape index (κ2) is 13.2. The number of halogens is 5. The molecule has 0 saturated heterocycles. The molecule has 0 bridgehead atoms. The molecule has 2 aromatic heterocycles. The van der Waals surface area contributed by atoms with Crippen molar-refractivity contribution in [1.29, 1.82) is 0 Å². The minimum Gasteiger partial charge on any atom is -0.351 e. The van der Waals surface area contributed by atoms with Gasteiger partial charge in [-0.1, -0.05) is 6.07 Å². The van der Waals surface area contributed by atoms with Gasteiger partial charge in [-0.05, 0) is 75.7 Å². The Bertz CT molecular complexity index is 1640. The van der Waals surface area contributed by atoms with Crippen LogP contribution in [0.4, 0.5) is 24.8 Å². The van der Waals surface area contributed by atoms with Gasteiger partial charge < -0.3 is 10.2 Å². The van der Waals surface area contributed by atoms with Gasteiger partial charge in [-0.15, -0.1) is 24.8 Å². The molecule has 220 valence electrons. The van der Waals surface area contributed by atoms with Crippen LogP contribution in [0.5, 0.6) is 0 Å². The molecule has 1 saturated carbocycles. The molecule has 0 aliphatic heterocycles. The minimum atomic E-state index is -4.37. The van der Waals surface area contributed by atoms with Crippen LogP contribution in [0.25, 0.3) is 22.0 Å². The van der Waals surface area contributed by atoms with E-state index in [1.807, 2.05) is 4.72 Å². The maximum Gasteiger partial charge on any atom is 0.263 e. The number of aromatic nitrogens is 3. The first-order chi connectivity index (χ1) is 18.6. The van der Waals surface area contributed by atoms with Gasteiger partial charge >= 0.3 is 0 Å². The fourth-order valence-electron chi connectivity index (χ4n) is 4.82. The zero-order chi connectivity index (χ0) is 27.7. The van der Waals surface area contributed by atoms with E-state index in [9.17, 15) is 17.2 Å². The molecule has 14 heteroatoms. The molecule has 0 atom stereocenters. The van der Waals surface area contributed by atoms with E-state index in [0.717, 1.165) is 56.3 Å². The first-order valence-electron chi connectivity index (χ1n) is 12.4. The van der Waals surface area contributed by atoms with Gasteiger partial charge in [-0.25, -0.2) is 31.6 Å². The highest BCUT2D eigenvalue weighted by atomic mass is 35.5. The van der Waals surface area contributed by atoms with E-state index in [1.54, 1.807) is 12.3 Å². The average molecular weight is 630 g/mol. The predicted octanol–water partition coefficient (Wildman–Crippen LogP) is 6.04. The van der Waals surface area contributed by atoms with E-state index >= 15 is 4.39 Å². The maximum atomic E-state index is 15.4. The number of nitrogens with one attached hydrogen (secondary N) is 2. The number of sulfonamides is 1. The molecule has 2 aromatic carbocycles. The van der Waals surface area contributed by atoms with Crippen LogP contribution in [-0.2, 0) is 10.0 Å². The summed E-state index contributed by atoms with van der Waals surface area (Å²) >= 11 is 0. The number of pyridine rings is 1. The van der Waals surface area contributed by atoms with Crippen molar-refractivity contribution in [2.45, 2.75) is 42.7 Å². The smallest absolute Gasteiger partial charge is 0.263 e. The number of fused-ring (bicyclic) bond motifs is 1. The van der Waals surface area contributed by atoms with Crippen molar-refractivity contribution in [2.75, 3.05) is 24.1 Å². The lowest BCUT2D eigenvalue weighted by molar-refractivity contribution is 0.221. The van der Waals surface area contributed by atoms with Gasteiger partial charge in [0, 0.05) is 29.9 Å². The molecule has 0 amide bonds. The van der Waals surface area contributed by atoms with Crippen molar-refractivity contribution in [3.05, 3.63) is 72.4 Å². The van der Waals surface area contributed by atoms with Crippen LogP contribution < -0.4 is 10.0 Å². The molecule has 41 heavy (non-hydrogen) atoms. The second-order valence-electron chi connectivity index (χ2n) is 9.81. The van der Waals surface area contributed by atoms with Gasteiger partial charge in [0.05, 0.1) is 23.0 Å². The van der Waals surface area contributed by atoms with Gasteiger partial charge in [-0.2, -0.15) is 0 Å². The molecule has 8 nitrogen and oxygen atoms in total. The Morgan fingerprint density at radius 1 is 0.927 bits per heavy atom. The summed E-state index contributed by atoms with van der Waals surface area (Å²) in [4.78, 5) is 14.2. The highest BCUT2D eigenvalue weighted by Gasteiger charge is 2.24. The molecule has 0 radical (unpaired) electrons. The topological polar surface area (TPSA) is 100 Å². The first kappa shape index (κ1) is 32.3. The van der Waals surface area contributed by atoms with E-state index in [2.05, 4.69) is 39.3 Å². The van der Waals surface area contributed by atoms with Crippen LogP contribution in [0, 0.1) is 17.5 Å². The van der Waals surface area contributed by atoms with Crippen molar-refractivity contribution in [2.24, 2.45) is 0 Å². The normalized spacial score (nSPS) is 17.0. The van der Waals surface area contributed by atoms with Crippen LogP contribution in [0.2, 0.25) is 0 Å². The van der Waals surface area contributed by atoms with Crippen LogP contribution in [0.3, 0.4) is 0 Å². The standard InChI is InChI=1S/C27H27F3N6O2S.2ClH/c1-36(2)20-6-4-19(5-7-20)33-27-32-13-17-11-16(3-9-23(17)34-27)25-22(29)8-10-24(26(25)30)35-39(37,38)21-12-18(28)14-31-15-21;;/h3,8-15,19-20,35H,4-7H2,1-2H3,(H,32,33,34);2*1H. The number of hydrogen-bond acceptors (Lipinski definition) is 7. The van der Waals surface area contributed by atoms with Crippen molar-refractivity contribution < 1.29 is 21.6 Å². The minimum absolute atomic E-state index is 0. The predicted molar refractivity (Wildman–Crippen MR) is 158 cm³/mol. The summed E-state index contributed by atoms with van der Waals surface area (Å²) < 4.78 is 71.0. The first-order valence-corrected chi connectivity index (χ1v) is 13.9. The number of nitrogens with zero attached hydrogens (tertiary/aromatic N) is 4. The highest BCUT2D eigenvalue weighted by molar-refractivity contribution is 7.92.